The molecule has 3 rings (SSSR count). The highest BCUT2D eigenvalue weighted by atomic mass is 16.5. The molecule has 0 aliphatic heterocycles. The van der Waals surface area contributed by atoms with Gasteiger partial charge < -0.3 is 15.4 Å². The Morgan fingerprint density at radius 2 is 1.90 bits per heavy atom. The summed E-state index contributed by atoms with van der Waals surface area (Å²) in [4.78, 5) is 33.9. The first kappa shape index (κ1) is 21.9. The number of aryl methyl sites for hydroxylation is 2. The van der Waals surface area contributed by atoms with Gasteiger partial charge in [0.1, 0.15) is 5.56 Å². The number of nitrogens with one attached hydrogen (secondary N) is 2. The highest BCUT2D eigenvalue weighted by molar-refractivity contribution is 6.01. The van der Waals surface area contributed by atoms with Crippen molar-refractivity contribution in [1.82, 2.24) is 25.1 Å². The van der Waals surface area contributed by atoms with E-state index in [1.165, 1.54) is 6.20 Å². The third-order valence-corrected chi connectivity index (χ3v) is 4.43. The fourth-order valence-electron chi connectivity index (χ4n) is 3.01. The monoisotopic (exact) mass is 422 g/mol. The van der Waals surface area contributed by atoms with E-state index in [9.17, 15) is 9.59 Å². The molecule has 0 radical (unpaired) electrons. The van der Waals surface area contributed by atoms with Crippen LogP contribution in [0, 0.1) is 13.8 Å². The number of hydrogen-bond donors (Lipinski definition) is 2. The molecule has 9 heteroatoms. The molecule has 0 spiro atoms. The van der Waals surface area contributed by atoms with Gasteiger partial charge in [0.05, 0.1) is 23.6 Å². The number of amides is 1. The maximum atomic E-state index is 12.6. The summed E-state index contributed by atoms with van der Waals surface area (Å²) in [5, 5.41) is 10.4. The Bertz CT molecular complexity index is 1090. The maximum Gasteiger partial charge on any atom is 0.343 e. The Hall–Kier alpha value is -3.75. The van der Waals surface area contributed by atoms with Crippen molar-refractivity contribution in [2.24, 2.45) is 0 Å². The summed E-state index contributed by atoms with van der Waals surface area (Å²) in [5.74, 6) is -0.242. The number of rotatable bonds is 8. The molecule has 9 nitrogen and oxygen atoms in total. The fourth-order valence-corrected chi connectivity index (χ4v) is 3.01. The standard InChI is InChI=1S/C22H26N6O3/c1-5-11-23-20(29)16-9-7-8-10-18(16)25-19-17(21(30)31-6-2)13-24-22(26-19)28-15(4)12-14(3)27-28/h7-10,12-13H,5-6,11H2,1-4H3,(H,23,29)(H,24,25,26). The van der Waals surface area contributed by atoms with E-state index in [-0.39, 0.29) is 23.9 Å². The summed E-state index contributed by atoms with van der Waals surface area (Å²) in [7, 11) is 0. The highest BCUT2D eigenvalue weighted by Gasteiger charge is 2.20. The Balaban J connectivity index is 2.04. The first-order valence-corrected chi connectivity index (χ1v) is 10.2. The van der Waals surface area contributed by atoms with Gasteiger partial charge in [0, 0.05) is 18.4 Å². The third kappa shape index (κ3) is 5.06. The van der Waals surface area contributed by atoms with Crippen LogP contribution in [-0.2, 0) is 4.74 Å². The average Bonchev–Trinajstić information content (AvgIpc) is 3.10. The van der Waals surface area contributed by atoms with E-state index in [1.807, 2.05) is 26.8 Å². The number of carbonyl (C=O) groups is 2. The van der Waals surface area contributed by atoms with Crippen molar-refractivity contribution < 1.29 is 14.3 Å². The summed E-state index contributed by atoms with van der Waals surface area (Å²) in [5.41, 5.74) is 2.79. The molecule has 2 N–H and O–H groups in total. The van der Waals surface area contributed by atoms with E-state index in [0.717, 1.165) is 17.8 Å². The first-order chi connectivity index (χ1) is 14.9. The molecular weight excluding hydrogens is 396 g/mol. The second-order valence-electron chi connectivity index (χ2n) is 6.92. The van der Waals surface area contributed by atoms with Crippen LogP contribution >= 0.6 is 0 Å². The van der Waals surface area contributed by atoms with E-state index >= 15 is 0 Å². The van der Waals surface area contributed by atoms with E-state index in [4.69, 9.17) is 4.74 Å². The van der Waals surface area contributed by atoms with Gasteiger partial charge in [-0.25, -0.2) is 14.5 Å². The lowest BCUT2D eigenvalue weighted by molar-refractivity contribution is 0.0526. The number of para-hydroxylation sites is 1. The smallest absolute Gasteiger partial charge is 0.343 e. The van der Waals surface area contributed by atoms with Crippen molar-refractivity contribution in [2.45, 2.75) is 34.1 Å². The molecule has 3 aromatic rings. The van der Waals surface area contributed by atoms with E-state index < -0.39 is 5.97 Å². The molecule has 0 aliphatic carbocycles. The molecule has 162 valence electrons. The van der Waals surface area contributed by atoms with Crippen molar-refractivity contribution in [3.8, 4) is 5.95 Å². The fraction of sp³-hybridized carbons (Fsp3) is 0.318. The Morgan fingerprint density at radius 1 is 1.13 bits per heavy atom. The minimum Gasteiger partial charge on any atom is -0.462 e. The van der Waals surface area contributed by atoms with Gasteiger partial charge in [-0.15, -0.1) is 0 Å². The van der Waals surface area contributed by atoms with Crippen LogP contribution in [-0.4, -0.2) is 44.8 Å². The lowest BCUT2D eigenvalue weighted by Gasteiger charge is -2.15. The van der Waals surface area contributed by atoms with Gasteiger partial charge in [-0.1, -0.05) is 19.1 Å². The predicted molar refractivity (Wildman–Crippen MR) is 117 cm³/mol. The molecule has 1 aromatic carbocycles. The molecular formula is C22H26N6O3. The number of esters is 1. The van der Waals surface area contributed by atoms with Gasteiger partial charge in [-0.05, 0) is 45.4 Å². The predicted octanol–water partition coefficient (Wildman–Crippen LogP) is 3.34. The average molecular weight is 422 g/mol. The van der Waals surface area contributed by atoms with Crippen molar-refractivity contribution in [3.05, 3.63) is 59.0 Å². The van der Waals surface area contributed by atoms with Crippen molar-refractivity contribution in [1.29, 1.82) is 0 Å². The summed E-state index contributed by atoms with van der Waals surface area (Å²) in [6.07, 6.45) is 2.23. The zero-order chi connectivity index (χ0) is 22.4. The van der Waals surface area contributed by atoms with Gasteiger partial charge >= 0.3 is 5.97 Å². The number of anilines is 2. The maximum absolute atomic E-state index is 12.6. The summed E-state index contributed by atoms with van der Waals surface area (Å²) >= 11 is 0. The van der Waals surface area contributed by atoms with E-state index in [0.29, 0.717) is 23.7 Å². The topological polar surface area (TPSA) is 111 Å². The molecule has 0 fully saturated rings. The second kappa shape index (κ2) is 9.84. The van der Waals surface area contributed by atoms with E-state index in [2.05, 4.69) is 25.7 Å². The summed E-state index contributed by atoms with van der Waals surface area (Å²) in [6, 6.07) is 8.94. The number of benzene rings is 1. The molecule has 31 heavy (non-hydrogen) atoms. The van der Waals surface area contributed by atoms with Crippen LogP contribution in [0.25, 0.3) is 5.95 Å². The van der Waals surface area contributed by atoms with Gasteiger partial charge in [0.2, 0.25) is 0 Å². The Kier molecular flexibility index (Phi) is 6.96. The molecule has 0 saturated carbocycles. The summed E-state index contributed by atoms with van der Waals surface area (Å²) < 4.78 is 6.74. The number of aromatic nitrogens is 4. The quantitative estimate of drug-likeness (QED) is 0.536. The lowest BCUT2D eigenvalue weighted by atomic mass is 10.1. The largest absolute Gasteiger partial charge is 0.462 e. The van der Waals surface area contributed by atoms with Crippen LogP contribution in [0.2, 0.25) is 0 Å². The van der Waals surface area contributed by atoms with Crippen LogP contribution in [0.1, 0.15) is 52.4 Å². The normalized spacial score (nSPS) is 10.6. The zero-order valence-corrected chi connectivity index (χ0v) is 18.1. The summed E-state index contributed by atoms with van der Waals surface area (Å²) in [6.45, 7) is 8.26. The van der Waals surface area contributed by atoms with Gasteiger partial charge in [-0.2, -0.15) is 10.1 Å². The number of ether oxygens (including phenoxy) is 1. The molecule has 2 aromatic heterocycles. The first-order valence-electron chi connectivity index (χ1n) is 10.2. The molecule has 0 aliphatic rings. The van der Waals surface area contributed by atoms with Gasteiger partial charge in [0.25, 0.3) is 11.9 Å². The van der Waals surface area contributed by atoms with Crippen LogP contribution in [0.5, 0.6) is 0 Å². The highest BCUT2D eigenvalue weighted by Crippen LogP contribution is 2.24. The molecule has 0 atom stereocenters. The number of carbonyl (C=O) groups excluding carboxylic acids is 2. The van der Waals surface area contributed by atoms with Gasteiger partial charge in [0.15, 0.2) is 5.82 Å². The number of hydrogen-bond acceptors (Lipinski definition) is 7. The molecule has 0 unspecified atom stereocenters. The lowest BCUT2D eigenvalue weighted by Crippen LogP contribution is -2.25. The number of nitrogens with zero attached hydrogens (tertiary/aromatic N) is 4. The molecule has 0 bridgehead atoms. The Labute approximate surface area is 180 Å². The third-order valence-electron chi connectivity index (χ3n) is 4.43. The molecule has 0 saturated heterocycles. The van der Waals surface area contributed by atoms with Crippen molar-refractivity contribution in [2.75, 3.05) is 18.5 Å². The van der Waals surface area contributed by atoms with E-state index in [1.54, 1.807) is 35.9 Å². The Morgan fingerprint density at radius 3 is 2.58 bits per heavy atom. The minimum atomic E-state index is -0.558. The second-order valence-corrected chi connectivity index (χ2v) is 6.92. The van der Waals surface area contributed by atoms with Crippen LogP contribution in [0.3, 0.4) is 0 Å². The minimum absolute atomic E-state index is 0.163. The zero-order valence-electron chi connectivity index (χ0n) is 18.1. The SMILES string of the molecule is CCCNC(=O)c1ccccc1Nc1nc(-n2nc(C)cc2C)ncc1C(=O)OCC. The van der Waals surface area contributed by atoms with Crippen molar-refractivity contribution >= 4 is 23.4 Å². The van der Waals surface area contributed by atoms with Crippen LogP contribution < -0.4 is 10.6 Å². The van der Waals surface area contributed by atoms with Crippen LogP contribution in [0.4, 0.5) is 11.5 Å². The molecule has 1 amide bonds. The van der Waals surface area contributed by atoms with Crippen molar-refractivity contribution in [3.63, 3.8) is 0 Å². The van der Waals surface area contributed by atoms with Gasteiger partial charge in [-0.3, -0.25) is 4.79 Å². The van der Waals surface area contributed by atoms with Crippen LogP contribution in [0.15, 0.2) is 36.5 Å². The molecule has 2 heterocycles.